The van der Waals surface area contributed by atoms with E-state index in [0.717, 1.165) is 42.4 Å². The predicted molar refractivity (Wildman–Crippen MR) is 123 cm³/mol. The molecule has 2 amide bonds. The van der Waals surface area contributed by atoms with Gasteiger partial charge in [-0.3, -0.25) is 19.4 Å². The molecule has 178 valence electrons. The second-order valence-corrected chi connectivity index (χ2v) is 10.1. The molecule has 4 heterocycles. The second-order valence-electron chi connectivity index (χ2n) is 8.54. The molecule has 1 N–H and O–H groups in total. The molecule has 2 aromatic heterocycles. The van der Waals surface area contributed by atoms with Gasteiger partial charge in [0.05, 0.1) is 16.5 Å². The van der Waals surface area contributed by atoms with Crippen molar-refractivity contribution in [2.24, 2.45) is 0 Å². The summed E-state index contributed by atoms with van der Waals surface area (Å²) in [7, 11) is 0. The SMILES string of the molecule is O=C(NC(C(=O)N1C[C@H](Cl)[C@H]2OCC(=O)[C@H]21)=C1CCCCC1)c1ncc(-c2ccncc2F)s1. The van der Waals surface area contributed by atoms with Gasteiger partial charge in [0, 0.05) is 24.5 Å². The molecule has 0 aromatic carbocycles. The summed E-state index contributed by atoms with van der Waals surface area (Å²) in [6.07, 6.45) is 7.69. The Kier molecular flexibility index (Phi) is 6.46. The van der Waals surface area contributed by atoms with E-state index in [-0.39, 0.29) is 29.6 Å². The zero-order valence-electron chi connectivity index (χ0n) is 18.1. The zero-order chi connectivity index (χ0) is 23.8. The van der Waals surface area contributed by atoms with E-state index in [1.54, 1.807) is 0 Å². The Hall–Kier alpha value is -2.69. The molecule has 34 heavy (non-hydrogen) atoms. The van der Waals surface area contributed by atoms with E-state index in [0.29, 0.717) is 23.3 Å². The van der Waals surface area contributed by atoms with Crippen LogP contribution in [-0.2, 0) is 14.3 Å². The predicted octanol–water partition coefficient (Wildman–Crippen LogP) is 3.08. The molecule has 1 aliphatic carbocycles. The summed E-state index contributed by atoms with van der Waals surface area (Å²) in [6.45, 7) is 0.0882. The third kappa shape index (κ3) is 4.25. The molecule has 0 unspecified atom stereocenters. The van der Waals surface area contributed by atoms with Gasteiger partial charge in [0.25, 0.3) is 11.8 Å². The number of amides is 2. The Morgan fingerprint density at radius 2 is 2.03 bits per heavy atom. The number of halogens is 2. The topological polar surface area (TPSA) is 101 Å². The van der Waals surface area contributed by atoms with Crippen LogP contribution in [0.1, 0.15) is 41.9 Å². The number of carbonyl (C=O) groups is 3. The van der Waals surface area contributed by atoms with Crippen LogP contribution >= 0.6 is 22.9 Å². The van der Waals surface area contributed by atoms with E-state index >= 15 is 0 Å². The molecular formula is C23H22ClFN4O4S. The van der Waals surface area contributed by atoms with E-state index in [9.17, 15) is 18.8 Å². The van der Waals surface area contributed by atoms with E-state index in [2.05, 4.69) is 15.3 Å². The number of ether oxygens (including phenoxy) is 1. The van der Waals surface area contributed by atoms with E-state index in [4.69, 9.17) is 16.3 Å². The Morgan fingerprint density at radius 3 is 2.79 bits per heavy atom. The van der Waals surface area contributed by atoms with Crippen LogP contribution in [0.3, 0.4) is 0 Å². The minimum atomic E-state index is -0.743. The number of thiazole rings is 1. The number of allylic oxidation sites excluding steroid dienone is 1. The fourth-order valence-corrected chi connectivity index (χ4v) is 5.91. The number of aromatic nitrogens is 2. The fraction of sp³-hybridized carbons (Fsp3) is 0.435. The van der Waals surface area contributed by atoms with Crippen LogP contribution in [0.2, 0.25) is 0 Å². The lowest BCUT2D eigenvalue weighted by molar-refractivity contribution is -0.133. The van der Waals surface area contributed by atoms with Gasteiger partial charge in [0.15, 0.2) is 10.8 Å². The number of ketones is 1. The monoisotopic (exact) mass is 504 g/mol. The highest BCUT2D eigenvalue weighted by molar-refractivity contribution is 7.17. The van der Waals surface area contributed by atoms with Crippen molar-refractivity contribution < 1.29 is 23.5 Å². The largest absolute Gasteiger partial charge is 0.366 e. The standard InChI is InChI=1S/C23H22ClFN4O4S/c24-14-10-29(19-16(30)11-33-20(14)19)23(32)18(12-4-2-1-3-5-12)28-21(31)22-27-9-17(34-22)13-6-7-26-8-15(13)25/h6-9,14,19-20H,1-5,10-11H2,(H,28,31)/t14-,19+,20+/m0/s1. The van der Waals surface area contributed by atoms with E-state index < -0.39 is 35.2 Å². The van der Waals surface area contributed by atoms with Gasteiger partial charge >= 0.3 is 0 Å². The average Bonchev–Trinajstić information content (AvgIpc) is 3.56. The molecule has 2 saturated heterocycles. The molecule has 8 nitrogen and oxygen atoms in total. The molecule has 0 bridgehead atoms. The van der Waals surface area contributed by atoms with Crippen molar-refractivity contribution in [1.29, 1.82) is 0 Å². The maximum atomic E-state index is 14.1. The van der Waals surface area contributed by atoms with Gasteiger partial charge in [-0.05, 0) is 37.3 Å². The van der Waals surface area contributed by atoms with E-state index in [1.807, 2.05) is 0 Å². The van der Waals surface area contributed by atoms with Crippen LogP contribution in [0.25, 0.3) is 10.4 Å². The number of pyridine rings is 1. The fourth-order valence-electron chi connectivity index (χ4n) is 4.72. The van der Waals surface area contributed by atoms with Gasteiger partial charge < -0.3 is 15.0 Å². The van der Waals surface area contributed by atoms with Gasteiger partial charge in [-0.1, -0.05) is 6.42 Å². The van der Waals surface area contributed by atoms with Gasteiger partial charge in [-0.2, -0.15) is 0 Å². The van der Waals surface area contributed by atoms with Crippen molar-refractivity contribution in [1.82, 2.24) is 20.2 Å². The third-order valence-electron chi connectivity index (χ3n) is 6.38. The van der Waals surface area contributed by atoms with Gasteiger partial charge in [-0.25, -0.2) is 9.37 Å². The summed E-state index contributed by atoms with van der Waals surface area (Å²) in [4.78, 5) is 48.9. The van der Waals surface area contributed by atoms with Gasteiger partial charge in [-0.15, -0.1) is 22.9 Å². The molecular weight excluding hydrogens is 483 g/mol. The minimum absolute atomic E-state index is 0.0753. The van der Waals surface area contributed by atoms with Crippen LogP contribution in [0.4, 0.5) is 4.39 Å². The number of alkyl halides is 1. The number of nitrogens with zero attached hydrogens (tertiary/aromatic N) is 3. The number of fused-ring (bicyclic) bond motifs is 1. The van der Waals surface area contributed by atoms with Crippen LogP contribution in [-0.4, -0.2) is 63.1 Å². The Morgan fingerprint density at radius 1 is 1.24 bits per heavy atom. The average molecular weight is 505 g/mol. The first-order valence-corrected chi connectivity index (χ1v) is 12.4. The highest BCUT2D eigenvalue weighted by Gasteiger charge is 2.52. The van der Waals surface area contributed by atoms with Crippen molar-refractivity contribution in [2.45, 2.75) is 49.6 Å². The maximum Gasteiger partial charge on any atom is 0.284 e. The normalized spacial score (nSPS) is 24.3. The lowest BCUT2D eigenvalue weighted by atomic mass is 9.92. The Bertz CT molecular complexity index is 1180. The molecule has 5 rings (SSSR count). The number of Topliss-reactive ketones (excluding diaryl/α,β-unsaturated/α-hetero) is 1. The minimum Gasteiger partial charge on any atom is -0.366 e. The first kappa shape index (κ1) is 23.1. The van der Waals surface area contributed by atoms with Crippen LogP contribution < -0.4 is 5.32 Å². The summed E-state index contributed by atoms with van der Waals surface area (Å²) >= 11 is 7.39. The van der Waals surface area contributed by atoms with Gasteiger partial charge in [0.2, 0.25) is 0 Å². The molecule has 0 radical (unpaired) electrons. The van der Waals surface area contributed by atoms with E-state index in [1.165, 1.54) is 23.4 Å². The summed E-state index contributed by atoms with van der Waals surface area (Å²) in [5.41, 5.74) is 1.33. The highest BCUT2D eigenvalue weighted by Crippen LogP contribution is 2.34. The quantitative estimate of drug-likeness (QED) is 0.507. The summed E-state index contributed by atoms with van der Waals surface area (Å²) in [5.74, 6) is -1.69. The molecule has 1 saturated carbocycles. The molecule has 3 fully saturated rings. The van der Waals surface area contributed by atoms with Crippen molar-refractivity contribution >= 4 is 40.5 Å². The molecule has 2 aliphatic heterocycles. The number of carbonyl (C=O) groups excluding carboxylic acids is 3. The van der Waals surface area contributed by atoms with Crippen LogP contribution in [0.15, 0.2) is 35.9 Å². The molecule has 3 aliphatic rings. The Labute approximate surface area is 204 Å². The lowest BCUT2D eigenvalue weighted by Crippen LogP contribution is -2.46. The lowest BCUT2D eigenvalue weighted by Gasteiger charge is -2.26. The number of hydrogen-bond donors (Lipinski definition) is 1. The first-order chi connectivity index (χ1) is 16.4. The van der Waals surface area contributed by atoms with Crippen molar-refractivity contribution in [3.8, 4) is 10.4 Å². The summed E-state index contributed by atoms with van der Waals surface area (Å²) < 4.78 is 19.6. The number of hydrogen-bond acceptors (Lipinski definition) is 7. The summed E-state index contributed by atoms with van der Waals surface area (Å²) in [5, 5.41) is 2.37. The summed E-state index contributed by atoms with van der Waals surface area (Å²) in [6, 6.07) is 0.767. The number of nitrogens with one attached hydrogen (secondary N) is 1. The molecule has 2 aromatic rings. The third-order valence-corrected chi connectivity index (χ3v) is 7.80. The molecule has 0 spiro atoms. The van der Waals surface area contributed by atoms with Crippen molar-refractivity contribution in [3.63, 3.8) is 0 Å². The second kappa shape index (κ2) is 9.52. The van der Waals surface area contributed by atoms with Crippen LogP contribution in [0.5, 0.6) is 0 Å². The smallest absolute Gasteiger partial charge is 0.284 e. The number of rotatable bonds is 4. The molecule has 3 atom stereocenters. The van der Waals surface area contributed by atoms with Gasteiger partial charge in [0.1, 0.15) is 30.3 Å². The molecule has 11 heteroatoms. The first-order valence-electron chi connectivity index (χ1n) is 11.1. The number of likely N-dealkylation sites (tertiary alicyclic amines) is 1. The van der Waals surface area contributed by atoms with Crippen LogP contribution in [0, 0.1) is 5.82 Å². The highest BCUT2D eigenvalue weighted by atomic mass is 35.5. The Balaban J connectivity index is 1.42. The van der Waals surface area contributed by atoms with Crippen molar-refractivity contribution in [3.05, 3.63) is 46.8 Å². The zero-order valence-corrected chi connectivity index (χ0v) is 19.7. The maximum absolute atomic E-state index is 14.1. The van der Waals surface area contributed by atoms with Crippen molar-refractivity contribution in [2.75, 3.05) is 13.2 Å².